The van der Waals surface area contributed by atoms with Crippen molar-refractivity contribution in [2.45, 2.75) is 32.9 Å². The number of carbonyl (C=O) groups is 2. The van der Waals surface area contributed by atoms with Gasteiger partial charge in [-0.25, -0.2) is 0 Å². The zero-order chi connectivity index (χ0) is 19.8. The van der Waals surface area contributed by atoms with Crippen LogP contribution in [0.25, 0.3) is 0 Å². The van der Waals surface area contributed by atoms with Crippen molar-refractivity contribution in [1.29, 1.82) is 0 Å². The highest BCUT2D eigenvalue weighted by Gasteiger charge is 2.21. The van der Waals surface area contributed by atoms with Gasteiger partial charge in [0.25, 0.3) is 0 Å². The molecule has 2 aromatic rings. The van der Waals surface area contributed by atoms with E-state index in [9.17, 15) is 9.59 Å². The first-order valence-corrected chi connectivity index (χ1v) is 8.80. The lowest BCUT2D eigenvalue weighted by atomic mass is 10.1. The second kappa shape index (κ2) is 9.62. The minimum absolute atomic E-state index is 0.0129. The average molecular weight is 370 g/mol. The Bertz CT molecular complexity index is 775. The minimum Gasteiger partial charge on any atom is -0.497 e. The fraction of sp³-hybridized carbons (Fsp3) is 0.333. The third-order valence-electron chi connectivity index (χ3n) is 4.13. The molecule has 0 bridgehead atoms. The monoisotopic (exact) mass is 370 g/mol. The van der Waals surface area contributed by atoms with E-state index in [2.05, 4.69) is 5.32 Å². The third-order valence-corrected chi connectivity index (χ3v) is 4.13. The molecule has 0 aliphatic carbocycles. The molecule has 0 aromatic heterocycles. The number of nitrogens with zero attached hydrogens (tertiary/aromatic N) is 1. The number of nitrogens with one attached hydrogen (secondary N) is 1. The molecule has 0 spiro atoms. The highest BCUT2D eigenvalue weighted by atomic mass is 16.5. The van der Waals surface area contributed by atoms with Crippen molar-refractivity contribution in [3.8, 4) is 11.5 Å². The molecule has 6 nitrogen and oxygen atoms in total. The zero-order valence-corrected chi connectivity index (χ0v) is 16.2. The Hall–Kier alpha value is -3.02. The molecule has 0 aliphatic rings. The van der Waals surface area contributed by atoms with Gasteiger partial charge in [-0.2, -0.15) is 0 Å². The minimum atomic E-state index is -0.387. The van der Waals surface area contributed by atoms with Crippen molar-refractivity contribution in [3.05, 3.63) is 54.1 Å². The number of methoxy groups -OCH3 is 2. The lowest BCUT2D eigenvalue weighted by molar-refractivity contribution is -0.136. The maximum Gasteiger partial charge on any atom is 0.233 e. The van der Waals surface area contributed by atoms with Gasteiger partial charge in [0, 0.05) is 18.7 Å². The van der Waals surface area contributed by atoms with E-state index in [0.29, 0.717) is 23.7 Å². The van der Waals surface area contributed by atoms with Gasteiger partial charge in [0.1, 0.15) is 17.9 Å². The summed E-state index contributed by atoms with van der Waals surface area (Å²) in [5.41, 5.74) is 1.52. The van der Waals surface area contributed by atoms with E-state index in [-0.39, 0.29) is 24.3 Å². The number of amides is 2. The molecule has 0 saturated heterocycles. The maximum atomic E-state index is 12.7. The topological polar surface area (TPSA) is 67.9 Å². The van der Waals surface area contributed by atoms with Gasteiger partial charge >= 0.3 is 0 Å². The molecular weight excluding hydrogens is 344 g/mol. The molecule has 0 heterocycles. The fourth-order valence-corrected chi connectivity index (χ4v) is 2.67. The summed E-state index contributed by atoms with van der Waals surface area (Å²) < 4.78 is 10.4. The largest absolute Gasteiger partial charge is 0.497 e. The molecule has 1 N–H and O–H groups in total. The molecule has 2 rings (SSSR count). The molecule has 2 amide bonds. The summed E-state index contributed by atoms with van der Waals surface area (Å²) in [5.74, 6) is 0.482. The summed E-state index contributed by atoms with van der Waals surface area (Å²) in [6, 6.07) is 14.8. The van der Waals surface area contributed by atoms with Crippen molar-refractivity contribution in [2.24, 2.45) is 0 Å². The van der Waals surface area contributed by atoms with Crippen molar-refractivity contribution < 1.29 is 19.1 Å². The van der Waals surface area contributed by atoms with Crippen LogP contribution >= 0.6 is 0 Å². The Morgan fingerprint density at radius 2 is 1.74 bits per heavy atom. The second-order valence-electron chi connectivity index (χ2n) is 6.39. The number of carbonyl (C=O) groups excluding carboxylic acids is 2. The summed E-state index contributed by atoms with van der Waals surface area (Å²) in [4.78, 5) is 26.7. The van der Waals surface area contributed by atoms with Gasteiger partial charge in [0.2, 0.25) is 11.8 Å². The first-order valence-electron chi connectivity index (χ1n) is 8.80. The van der Waals surface area contributed by atoms with Crippen LogP contribution in [0.5, 0.6) is 11.5 Å². The number of benzene rings is 2. The predicted molar refractivity (Wildman–Crippen MR) is 105 cm³/mol. The Morgan fingerprint density at radius 1 is 1.04 bits per heavy atom. The Morgan fingerprint density at radius 3 is 2.33 bits per heavy atom. The van der Waals surface area contributed by atoms with Crippen LogP contribution in [0.4, 0.5) is 5.69 Å². The molecule has 2 aromatic carbocycles. The van der Waals surface area contributed by atoms with Crippen LogP contribution in [0, 0.1) is 0 Å². The van der Waals surface area contributed by atoms with E-state index < -0.39 is 0 Å². The van der Waals surface area contributed by atoms with Crippen LogP contribution in [-0.4, -0.2) is 37.0 Å². The molecule has 0 radical (unpaired) electrons. The van der Waals surface area contributed by atoms with Gasteiger partial charge < -0.3 is 19.7 Å². The quantitative estimate of drug-likeness (QED) is 0.723. The normalized spacial score (nSPS) is 10.4. The molecular formula is C21H26N2O4. The van der Waals surface area contributed by atoms with Crippen LogP contribution in [0.2, 0.25) is 0 Å². The lowest BCUT2D eigenvalue weighted by Gasteiger charge is -2.27. The maximum absolute atomic E-state index is 12.7. The van der Waals surface area contributed by atoms with Gasteiger partial charge in [-0.1, -0.05) is 30.3 Å². The van der Waals surface area contributed by atoms with Crippen LogP contribution in [0.1, 0.15) is 25.8 Å². The number of hydrogen-bond donors (Lipinski definition) is 1. The highest BCUT2D eigenvalue weighted by Crippen LogP contribution is 2.29. The fourth-order valence-electron chi connectivity index (χ4n) is 2.67. The van der Waals surface area contributed by atoms with Crippen molar-refractivity contribution >= 4 is 17.5 Å². The zero-order valence-electron chi connectivity index (χ0n) is 16.2. The first-order chi connectivity index (χ1) is 12.9. The predicted octanol–water partition coefficient (Wildman–Crippen LogP) is 3.47. The van der Waals surface area contributed by atoms with Crippen LogP contribution in [-0.2, 0) is 16.1 Å². The van der Waals surface area contributed by atoms with E-state index in [0.717, 1.165) is 5.56 Å². The van der Waals surface area contributed by atoms with Gasteiger partial charge in [0.05, 0.1) is 19.9 Å². The van der Waals surface area contributed by atoms with E-state index in [1.807, 2.05) is 44.2 Å². The van der Waals surface area contributed by atoms with Crippen LogP contribution < -0.4 is 14.8 Å². The molecule has 0 aliphatic heterocycles. The summed E-state index contributed by atoms with van der Waals surface area (Å²) in [5, 5.41) is 2.73. The average Bonchev–Trinajstić information content (AvgIpc) is 2.66. The molecule has 0 fully saturated rings. The molecule has 27 heavy (non-hydrogen) atoms. The summed E-state index contributed by atoms with van der Waals surface area (Å²) in [6.45, 7) is 4.34. The highest BCUT2D eigenvalue weighted by molar-refractivity contribution is 6.04. The van der Waals surface area contributed by atoms with E-state index in [4.69, 9.17) is 9.47 Å². The van der Waals surface area contributed by atoms with Crippen molar-refractivity contribution in [1.82, 2.24) is 4.90 Å². The summed E-state index contributed by atoms with van der Waals surface area (Å²) in [7, 11) is 3.06. The number of anilines is 1. The Balaban J connectivity index is 2.04. The molecule has 0 unspecified atom stereocenters. The molecule has 0 saturated carbocycles. The van der Waals surface area contributed by atoms with E-state index in [1.54, 1.807) is 30.2 Å². The van der Waals surface area contributed by atoms with Gasteiger partial charge in [-0.15, -0.1) is 0 Å². The van der Waals surface area contributed by atoms with Gasteiger partial charge in [-0.3, -0.25) is 9.59 Å². The van der Waals surface area contributed by atoms with E-state index >= 15 is 0 Å². The Labute approximate surface area is 160 Å². The van der Waals surface area contributed by atoms with Crippen molar-refractivity contribution in [2.75, 3.05) is 19.5 Å². The lowest BCUT2D eigenvalue weighted by Crippen LogP contribution is -2.38. The number of hydrogen-bond acceptors (Lipinski definition) is 4. The van der Waals surface area contributed by atoms with E-state index in [1.165, 1.54) is 7.11 Å². The summed E-state index contributed by atoms with van der Waals surface area (Å²) >= 11 is 0. The van der Waals surface area contributed by atoms with Crippen LogP contribution in [0.3, 0.4) is 0 Å². The standard InChI is InChI=1S/C21H26N2O4/c1-15(2)23(14-16-8-6-5-7-9-16)21(25)13-20(24)22-18-11-10-17(26-3)12-19(18)27-4/h5-12,15H,13-14H2,1-4H3,(H,22,24). The smallest absolute Gasteiger partial charge is 0.233 e. The molecule has 6 heteroatoms. The van der Waals surface area contributed by atoms with Crippen LogP contribution in [0.15, 0.2) is 48.5 Å². The third kappa shape index (κ3) is 5.74. The molecule has 0 atom stereocenters. The van der Waals surface area contributed by atoms with Gasteiger partial charge in [-0.05, 0) is 31.5 Å². The SMILES string of the molecule is COc1ccc(NC(=O)CC(=O)N(Cc2ccccc2)C(C)C)c(OC)c1. The summed E-state index contributed by atoms with van der Waals surface area (Å²) in [6.07, 6.45) is -0.236. The molecule has 144 valence electrons. The number of ether oxygens (including phenoxy) is 2. The van der Waals surface area contributed by atoms with Gasteiger partial charge in [0.15, 0.2) is 0 Å². The second-order valence-corrected chi connectivity index (χ2v) is 6.39. The Kier molecular flexibility index (Phi) is 7.23. The first kappa shape index (κ1) is 20.3. The van der Waals surface area contributed by atoms with Crippen molar-refractivity contribution in [3.63, 3.8) is 0 Å². The number of rotatable bonds is 8.